The number of amides is 2. The standard InChI is InChI=1S/C8H8O.C6H12N2O.C2H6.U.W/c1-2-9-8-6-4-3-5-7-8;1-4-8(5-2)6(9)7-3;1-2;;/h3-6H,1-2H2;1-2,4-5H2,3H3,(H,7,9);1-2H3;;/q2*-2;;2*+2. The van der Waals surface area contributed by atoms with Crippen molar-refractivity contribution in [2.24, 2.45) is 0 Å². The van der Waals surface area contributed by atoms with Crippen LogP contribution in [0.15, 0.2) is 24.3 Å². The van der Waals surface area contributed by atoms with Crippen LogP contribution in [0.5, 0.6) is 5.75 Å². The van der Waals surface area contributed by atoms with Gasteiger partial charge in [-0.15, -0.1) is 25.2 Å². The van der Waals surface area contributed by atoms with E-state index in [0.29, 0.717) is 19.7 Å². The van der Waals surface area contributed by atoms with Crippen molar-refractivity contribution >= 4 is 6.03 Å². The van der Waals surface area contributed by atoms with Crippen LogP contribution in [0, 0.1) is 58.0 Å². The quantitative estimate of drug-likeness (QED) is 0.492. The van der Waals surface area contributed by atoms with Crippen LogP contribution in [0.1, 0.15) is 13.8 Å². The second kappa shape index (κ2) is 23.3. The fourth-order valence-electron chi connectivity index (χ4n) is 1.05. The van der Waals surface area contributed by atoms with Crippen LogP contribution in [0.25, 0.3) is 0 Å². The molecule has 2 amide bonds. The summed E-state index contributed by atoms with van der Waals surface area (Å²) in [4.78, 5) is 12.2. The van der Waals surface area contributed by atoms with Gasteiger partial charge in [-0.1, -0.05) is 13.8 Å². The number of para-hydroxylation sites is 1. The van der Waals surface area contributed by atoms with Gasteiger partial charge in [-0.2, -0.15) is 18.2 Å². The smallest absolute Gasteiger partial charge is 0.551 e. The van der Waals surface area contributed by atoms with Gasteiger partial charge in [-0.05, 0) is 6.61 Å². The molecule has 0 fully saturated rings. The third kappa shape index (κ3) is 16.4. The average Bonchev–Trinajstić information content (AvgIpc) is 2.52. The number of rotatable bonds is 4. The summed E-state index contributed by atoms with van der Waals surface area (Å²) in [7, 11) is 1.58. The Hall–Kier alpha value is 0.0303. The van der Waals surface area contributed by atoms with Gasteiger partial charge in [-0.25, -0.2) is 4.79 Å². The van der Waals surface area contributed by atoms with Crippen molar-refractivity contribution in [2.45, 2.75) is 13.8 Å². The first-order valence-corrected chi connectivity index (χ1v) is 6.63. The van der Waals surface area contributed by atoms with Crippen molar-refractivity contribution in [1.82, 2.24) is 10.2 Å². The molecule has 0 aromatic heterocycles. The largest absolute Gasteiger partial charge is 2.00 e. The molecule has 0 saturated carbocycles. The Kier molecular flexibility index (Phi) is 31.7. The Balaban J connectivity index is -0.000000122. The van der Waals surface area contributed by atoms with Crippen LogP contribution in [0.3, 0.4) is 0 Å². The molecule has 0 atom stereocenters. The summed E-state index contributed by atoms with van der Waals surface area (Å²) in [5, 5.41) is 2.47. The number of ether oxygens (including phenoxy) is 1. The maximum atomic E-state index is 10.7. The molecule has 122 valence electrons. The van der Waals surface area contributed by atoms with Gasteiger partial charge in [0.25, 0.3) is 0 Å². The summed E-state index contributed by atoms with van der Waals surface area (Å²) >= 11 is 0. The van der Waals surface area contributed by atoms with Gasteiger partial charge in [0.1, 0.15) is 0 Å². The van der Waals surface area contributed by atoms with Crippen molar-refractivity contribution in [3.8, 4) is 5.75 Å². The van der Waals surface area contributed by atoms with Gasteiger partial charge in [-0.3, -0.25) is 0 Å². The van der Waals surface area contributed by atoms with Crippen LogP contribution >= 0.6 is 0 Å². The predicted octanol–water partition coefficient (Wildman–Crippen LogP) is 3.02. The van der Waals surface area contributed by atoms with E-state index in [2.05, 4.69) is 32.2 Å². The number of hydrogen-bond acceptors (Lipinski definition) is 2. The van der Waals surface area contributed by atoms with Crippen LogP contribution in [-0.4, -0.2) is 37.7 Å². The van der Waals surface area contributed by atoms with E-state index < -0.39 is 0 Å². The molecule has 0 unspecified atom stereocenters. The van der Waals surface area contributed by atoms with Crippen LogP contribution in [-0.2, 0) is 21.1 Å². The van der Waals surface area contributed by atoms with E-state index in [1.165, 1.54) is 4.90 Å². The molecule has 0 saturated heterocycles. The van der Waals surface area contributed by atoms with Crippen LogP contribution < -0.4 is 10.1 Å². The van der Waals surface area contributed by atoms with E-state index in [4.69, 9.17) is 4.74 Å². The van der Waals surface area contributed by atoms with Gasteiger partial charge >= 0.3 is 58.2 Å². The molecule has 1 aromatic rings. The Morgan fingerprint density at radius 1 is 1.27 bits per heavy atom. The summed E-state index contributed by atoms with van der Waals surface area (Å²) in [6.45, 7) is 16.0. The summed E-state index contributed by atoms with van der Waals surface area (Å²) < 4.78 is 5.04. The number of hydrogen-bond donors (Lipinski definition) is 1. The number of nitrogens with one attached hydrogen (secondary N) is 1. The first kappa shape index (κ1) is 30.0. The van der Waals surface area contributed by atoms with Crippen molar-refractivity contribution < 1.29 is 61.7 Å². The molecule has 0 spiro atoms. The van der Waals surface area contributed by atoms with Crippen LogP contribution in [0.4, 0.5) is 4.79 Å². The van der Waals surface area contributed by atoms with E-state index in [9.17, 15) is 4.79 Å². The third-order valence-electron chi connectivity index (χ3n) is 1.98. The first-order chi connectivity index (χ1) is 9.69. The second-order valence-electron chi connectivity index (χ2n) is 3.12. The zero-order valence-corrected chi connectivity index (χ0v) is 20.8. The van der Waals surface area contributed by atoms with E-state index in [-0.39, 0.29) is 58.2 Å². The second-order valence-corrected chi connectivity index (χ2v) is 3.12. The van der Waals surface area contributed by atoms with Crippen molar-refractivity contribution in [3.05, 3.63) is 51.1 Å². The normalized spacial score (nSPS) is 7.55. The average molecular weight is 700 g/mol. The third-order valence-corrected chi connectivity index (χ3v) is 1.98. The summed E-state index contributed by atoms with van der Waals surface area (Å²) in [5.74, 6) is 0.757. The minimum Gasteiger partial charge on any atom is -0.551 e. The molecule has 1 N–H and O–H groups in total. The SMILES string of the molecule is CC.[CH2-]CN(C[CH2-])C(=O)NC.[CH2-]COc1[c-]cccc1.[U+2].[W+2]. The van der Waals surface area contributed by atoms with E-state index in [1.807, 2.05) is 38.1 Å². The molecule has 1 rings (SSSR count). The minimum atomic E-state index is -0.125. The summed E-state index contributed by atoms with van der Waals surface area (Å²) in [6, 6.07) is 10.2. The Bertz CT molecular complexity index is 323. The number of benzene rings is 1. The number of urea groups is 1. The summed E-state index contributed by atoms with van der Waals surface area (Å²) in [5.41, 5.74) is 0. The predicted molar refractivity (Wildman–Crippen MR) is 84.2 cm³/mol. The fraction of sp³-hybridized carbons (Fsp3) is 0.375. The van der Waals surface area contributed by atoms with Gasteiger partial charge in [0.05, 0.1) is 0 Å². The molecule has 0 bridgehead atoms. The first-order valence-electron chi connectivity index (χ1n) is 6.63. The molecule has 1 aromatic carbocycles. The molecular weight excluding hydrogens is 674 g/mol. The monoisotopic (exact) mass is 700 g/mol. The maximum absolute atomic E-state index is 10.7. The molecule has 6 heteroatoms. The Morgan fingerprint density at radius 2 is 1.82 bits per heavy atom. The zero-order valence-electron chi connectivity index (χ0n) is 13.7. The molecule has 0 aliphatic heterocycles. The summed E-state index contributed by atoms with van der Waals surface area (Å²) in [6.07, 6.45) is 0. The molecule has 0 radical (unpaired) electrons. The van der Waals surface area contributed by atoms with Gasteiger partial charge in [0, 0.05) is 12.8 Å². The van der Waals surface area contributed by atoms with Gasteiger partial charge < -0.3 is 35.7 Å². The fourth-order valence-corrected chi connectivity index (χ4v) is 1.05. The van der Waals surface area contributed by atoms with Crippen LogP contribution in [0.2, 0.25) is 0 Å². The number of nitrogens with zero attached hydrogens (tertiary/aromatic N) is 1. The number of carbonyl (C=O) groups excluding carboxylic acids is 1. The van der Waals surface area contributed by atoms with Crippen molar-refractivity contribution in [1.29, 1.82) is 0 Å². The minimum absolute atomic E-state index is 0. The van der Waals surface area contributed by atoms with E-state index in [0.717, 1.165) is 5.75 Å². The Morgan fingerprint density at radius 3 is 2.09 bits per heavy atom. The molecular formula is C16H26N2O2UW. The molecule has 0 aliphatic carbocycles. The van der Waals surface area contributed by atoms with E-state index in [1.54, 1.807) is 7.05 Å². The molecule has 0 aliphatic rings. The molecule has 0 heterocycles. The molecule has 22 heavy (non-hydrogen) atoms. The Labute approximate surface area is 174 Å². The zero-order chi connectivity index (χ0) is 15.8. The van der Waals surface area contributed by atoms with Crippen molar-refractivity contribution in [2.75, 3.05) is 26.7 Å². The topological polar surface area (TPSA) is 41.6 Å². The van der Waals surface area contributed by atoms with Crippen molar-refractivity contribution in [3.63, 3.8) is 0 Å². The maximum Gasteiger partial charge on any atom is 2.00 e. The van der Waals surface area contributed by atoms with Gasteiger partial charge in [0.15, 0.2) is 0 Å². The number of carbonyl (C=O) groups is 1. The molecule has 4 nitrogen and oxygen atoms in total. The van der Waals surface area contributed by atoms with Gasteiger partial charge in [0.2, 0.25) is 0 Å². The van der Waals surface area contributed by atoms with E-state index >= 15 is 0 Å².